The fourth-order valence-corrected chi connectivity index (χ4v) is 2.24. The number of rotatable bonds is 4. The molecule has 102 valence electrons. The molecule has 3 aromatic rings. The van der Waals surface area contributed by atoms with E-state index in [1.54, 1.807) is 18.5 Å². The third kappa shape index (κ3) is 2.28. The molecular formula is C15H14FN3O. The van der Waals surface area contributed by atoms with E-state index in [2.05, 4.69) is 15.3 Å². The van der Waals surface area contributed by atoms with Crippen molar-refractivity contribution in [2.75, 3.05) is 6.54 Å². The monoisotopic (exact) mass is 271 g/mol. The molecule has 0 aliphatic carbocycles. The number of nitrogens with zero attached hydrogens (tertiary/aromatic N) is 2. The normalized spacial score (nSPS) is 12.7. The van der Waals surface area contributed by atoms with Gasteiger partial charge in [-0.1, -0.05) is 19.1 Å². The summed E-state index contributed by atoms with van der Waals surface area (Å²) in [6, 6.07) is 6.55. The first-order chi connectivity index (χ1) is 9.79. The van der Waals surface area contributed by atoms with Crippen LogP contribution in [-0.2, 0) is 0 Å². The Morgan fingerprint density at radius 1 is 1.30 bits per heavy atom. The molecule has 0 saturated carbocycles. The maximum absolute atomic E-state index is 13.7. The van der Waals surface area contributed by atoms with Crippen LogP contribution in [0, 0.1) is 5.82 Å². The Hall–Kier alpha value is -2.27. The lowest BCUT2D eigenvalue weighted by molar-refractivity contribution is 0.463. The summed E-state index contributed by atoms with van der Waals surface area (Å²) in [5.74, 6) is 0.301. The fraction of sp³-hybridized carbons (Fsp3) is 0.200. The molecule has 0 aliphatic heterocycles. The van der Waals surface area contributed by atoms with Crippen molar-refractivity contribution < 1.29 is 8.81 Å². The van der Waals surface area contributed by atoms with Crippen molar-refractivity contribution in [3.8, 4) is 0 Å². The third-order valence-corrected chi connectivity index (χ3v) is 3.12. The lowest BCUT2D eigenvalue weighted by Gasteiger charge is -2.14. The number of hydrogen-bond acceptors (Lipinski definition) is 4. The van der Waals surface area contributed by atoms with Crippen molar-refractivity contribution in [2.45, 2.75) is 13.0 Å². The molecule has 2 heterocycles. The molecule has 0 fully saturated rings. The van der Waals surface area contributed by atoms with Gasteiger partial charge >= 0.3 is 0 Å². The minimum absolute atomic E-state index is 0.187. The molecule has 0 aliphatic rings. The predicted octanol–water partition coefficient (Wildman–Crippen LogP) is 3.06. The zero-order valence-corrected chi connectivity index (χ0v) is 11.0. The Kier molecular flexibility index (Phi) is 3.43. The zero-order chi connectivity index (χ0) is 13.9. The molecule has 2 aromatic heterocycles. The van der Waals surface area contributed by atoms with E-state index in [4.69, 9.17) is 4.42 Å². The molecule has 0 saturated heterocycles. The summed E-state index contributed by atoms with van der Waals surface area (Å²) in [5, 5.41) is 4.05. The second kappa shape index (κ2) is 5.38. The summed E-state index contributed by atoms with van der Waals surface area (Å²) >= 11 is 0. The maximum Gasteiger partial charge on any atom is 0.169 e. The molecule has 1 aromatic carbocycles. The molecule has 20 heavy (non-hydrogen) atoms. The number of halogens is 1. The zero-order valence-electron chi connectivity index (χ0n) is 11.0. The summed E-state index contributed by atoms with van der Waals surface area (Å²) in [7, 11) is 0. The van der Waals surface area contributed by atoms with Crippen molar-refractivity contribution in [2.24, 2.45) is 0 Å². The van der Waals surface area contributed by atoms with Crippen molar-refractivity contribution in [3.05, 3.63) is 60.1 Å². The lowest BCUT2D eigenvalue weighted by Crippen LogP contribution is -2.21. The first-order valence-corrected chi connectivity index (χ1v) is 6.46. The van der Waals surface area contributed by atoms with E-state index in [0.717, 1.165) is 17.5 Å². The van der Waals surface area contributed by atoms with E-state index in [9.17, 15) is 4.39 Å². The third-order valence-electron chi connectivity index (χ3n) is 3.12. The predicted molar refractivity (Wildman–Crippen MR) is 73.7 cm³/mol. The molecule has 0 bridgehead atoms. The molecule has 0 spiro atoms. The van der Waals surface area contributed by atoms with Crippen LogP contribution in [-0.4, -0.2) is 16.5 Å². The number of aromatic nitrogens is 2. The van der Waals surface area contributed by atoms with E-state index in [1.165, 1.54) is 12.4 Å². The van der Waals surface area contributed by atoms with Crippen LogP contribution in [0.4, 0.5) is 4.39 Å². The largest absolute Gasteiger partial charge is 0.456 e. The molecule has 0 radical (unpaired) electrons. The van der Waals surface area contributed by atoms with Gasteiger partial charge in [0, 0.05) is 23.3 Å². The minimum atomic E-state index is -0.353. The summed E-state index contributed by atoms with van der Waals surface area (Å²) in [4.78, 5) is 8.04. The highest BCUT2D eigenvalue weighted by Gasteiger charge is 2.19. The van der Waals surface area contributed by atoms with Crippen LogP contribution in [0.5, 0.6) is 0 Å². The van der Waals surface area contributed by atoms with Crippen LogP contribution in [0.1, 0.15) is 24.3 Å². The second-order valence-electron chi connectivity index (χ2n) is 4.47. The van der Waals surface area contributed by atoms with E-state index in [1.807, 2.05) is 19.1 Å². The smallest absolute Gasteiger partial charge is 0.169 e. The first-order valence-electron chi connectivity index (χ1n) is 6.46. The Balaban J connectivity index is 2.08. The highest BCUT2D eigenvalue weighted by Crippen LogP contribution is 2.29. The van der Waals surface area contributed by atoms with Crippen LogP contribution in [0.2, 0.25) is 0 Å². The van der Waals surface area contributed by atoms with Gasteiger partial charge in [0.05, 0.1) is 6.04 Å². The quantitative estimate of drug-likeness (QED) is 0.792. The van der Waals surface area contributed by atoms with E-state index in [-0.39, 0.29) is 17.4 Å². The van der Waals surface area contributed by atoms with Crippen LogP contribution < -0.4 is 5.32 Å². The van der Waals surface area contributed by atoms with Gasteiger partial charge in [-0.15, -0.1) is 0 Å². The highest BCUT2D eigenvalue weighted by molar-refractivity contribution is 5.78. The summed E-state index contributed by atoms with van der Waals surface area (Å²) in [6.07, 6.45) is 4.93. The Morgan fingerprint density at radius 3 is 2.80 bits per heavy atom. The molecule has 0 amide bonds. The van der Waals surface area contributed by atoms with Gasteiger partial charge in [-0.3, -0.25) is 0 Å². The lowest BCUT2D eigenvalue weighted by atomic mass is 10.1. The molecule has 4 nitrogen and oxygen atoms in total. The number of fused-ring (bicyclic) bond motifs is 1. The maximum atomic E-state index is 13.7. The molecule has 3 rings (SSSR count). The van der Waals surface area contributed by atoms with Crippen LogP contribution in [0.15, 0.2) is 47.4 Å². The van der Waals surface area contributed by atoms with Crippen molar-refractivity contribution in [3.63, 3.8) is 0 Å². The SMILES string of the molecule is CCNC(c1cncnc1)c1cc2cccc(F)c2o1. The van der Waals surface area contributed by atoms with Crippen molar-refractivity contribution in [1.82, 2.24) is 15.3 Å². The second-order valence-corrected chi connectivity index (χ2v) is 4.47. The van der Waals surface area contributed by atoms with E-state index >= 15 is 0 Å². The van der Waals surface area contributed by atoms with Gasteiger partial charge in [0.25, 0.3) is 0 Å². The molecule has 1 unspecified atom stereocenters. The van der Waals surface area contributed by atoms with Gasteiger partial charge < -0.3 is 9.73 Å². The molecule has 1 N–H and O–H groups in total. The highest BCUT2D eigenvalue weighted by atomic mass is 19.1. The minimum Gasteiger partial charge on any atom is -0.456 e. The average Bonchev–Trinajstić information content (AvgIpc) is 2.91. The molecular weight excluding hydrogens is 257 g/mol. The topological polar surface area (TPSA) is 51.0 Å². The van der Waals surface area contributed by atoms with Gasteiger partial charge in [0.15, 0.2) is 11.4 Å². The number of nitrogens with one attached hydrogen (secondary N) is 1. The van der Waals surface area contributed by atoms with Gasteiger partial charge in [-0.25, -0.2) is 14.4 Å². The molecule has 1 atom stereocenters. The van der Waals surface area contributed by atoms with Crippen LogP contribution in [0.3, 0.4) is 0 Å². The first kappa shape index (κ1) is 12.7. The van der Waals surface area contributed by atoms with Gasteiger partial charge in [-0.2, -0.15) is 0 Å². The number of para-hydroxylation sites is 1. The number of furan rings is 1. The fourth-order valence-electron chi connectivity index (χ4n) is 2.24. The summed E-state index contributed by atoms with van der Waals surface area (Å²) in [6.45, 7) is 2.75. The summed E-state index contributed by atoms with van der Waals surface area (Å²) < 4.78 is 19.4. The summed E-state index contributed by atoms with van der Waals surface area (Å²) in [5.41, 5.74) is 1.16. The van der Waals surface area contributed by atoms with E-state index in [0.29, 0.717) is 5.76 Å². The van der Waals surface area contributed by atoms with Crippen molar-refractivity contribution in [1.29, 1.82) is 0 Å². The Bertz CT molecular complexity index is 711. The van der Waals surface area contributed by atoms with Gasteiger partial charge in [0.1, 0.15) is 12.1 Å². The van der Waals surface area contributed by atoms with Gasteiger partial charge in [-0.05, 0) is 18.7 Å². The Morgan fingerprint density at radius 2 is 2.10 bits per heavy atom. The number of hydrogen-bond donors (Lipinski definition) is 1. The van der Waals surface area contributed by atoms with Gasteiger partial charge in [0.2, 0.25) is 0 Å². The molecule has 5 heteroatoms. The van der Waals surface area contributed by atoms with Crippen LogP contribution in [0.25, 0.3) is 11.0 Å². The number of benzene rings is 1. The average molecular weight is 271 g/mol. The van der Waals surface area contributed by atoms with E-state index < -0.39 is 0 Å². The van der Waals surface area contributed by atoms with Crippen molar-refractivity contribution >= 4 is 11.0 Å². The standard InChI is InChI=1S/C15H14FN3O/c1-2-19-14(11-7-17-9-18-8-11)13-6-10-4-3-5-12(16)15(10)20-13/h3-9,14,19H,2H2,1H3. The van der Waals surface area contributed by atoms with Crippen LogP contribution >= 0.6 is 0 Å². The Labute approximate surface area is 115 Å².